The van der Waals surface area contributed by atoms with Gasteiger partial charge in [-0.05, 0) is 106 Å². The number of carboxylic acid groups (broad SMARTS) is 1. The second-order valence-corrected chi connectivity index (χ2v) is 12.3. The van der Waals surface area contributed by atoms with Gasteiger partial charge in [-0.25, -0.2) is 0 Å². The van der Waals surface area contributed by atoms with E-state index in [1.807, 2.05) is 44.2 Å². The largest absolute Gasteiger partial charge is 0.508 e. The van der Waals surface area contributed by atoms with Crippen LogP contribution in [0.1, 0.15) is 88.5 Å². The number of phenolic OH excluding ortho intramolecular Hbond substituents is 2. The summed E-state index contributed by atoms with van der Waals surface area (Å²) in [6, 6.07) is 11.2. The van der Waals surface area contributed by atoms with E-state index in [0.29, 0.717) is 30.3 Å². The van der Waals surface area contributed by atoms with E-state index < -0.39 is 12.0 Å². The van der Waals surface area contributed by atoms with E-state index in [9.17, 15) is 20.1 Å². The van der Waals surface area contributed by atoms with Crippen molar-refractivity contribution in [3.63, 3.8) is 0 Å². The molecule has 0 unspecified atom stereocenters. The molecule has 9 heteroatoms. The number of rotatable bonds is 12. The highest BCUT2D eigenvalue weighted by atomic mass is 16.5. The van der Waals surface area contributed by atoms with Gasteiger partial charge in [0.05, 0.1) is 6.10 Å². The molecule has 248 valence electrons. The molecular formula is C35H55NO8. The fourth-order valence-electron chi connectivity index (χ4n) is 5.33. The molecule has 0 radical (unpaired) electrons. The normalized spacial score (nSPS) is 17.5. The van der Waals surface area contributed by atoms with Crippen LogP contribution in [0.25, 0.3) is 0 Å². The van der Waals surface area contributed by atoms with E-state index >= 15 is 0 Å². The monoisotopic (exact) mass is 617 g/mol. The summed E-state index contributed by atoms with van der Waals surface area (Å²) in [5, 5.41) is 38.9. The van der Waals surface area contributed by atoms with Crippen LogP contribution in [-0.2, 0) is 31.9 Å². The smallest absolute Gasteiger partial charge is 0.290 e. The van der Waals surface area contributed by atoms with Gasteiger partial charge in [0, 0.05) is 19.8 Å². The molecule has 3 rings (SSSR count). The number of amides is 1. The third-order valence-electron chi connectivity index (χ3n) is 8.46. The number of hydrogen-bond donors (Lipinski definition) is 5. The zero-order valence-corrected chi connectivity index (χ0v) is 27.6. The van der Waals surface area contributed by atoms with Crippen molar-refractivity contribution in [2.75, 3.05) is 13.7 Å². The van der Waals surface area contributed by atoms with Crippen molar-refractivity contribution in [2.24, 2.45) is 11.3 Å². The maximum absolute atomic E-state index is 11.5. The lowest BCUT2D eigenvalue weighted by atomic mass is 9.77. The number of aryl methyl sites for hydroxylation is 1. The molecule has 1 fully saturated rings. The number of ether oxygens (including phenoxy) is 2. The predicted molar refractivity (Wildman–Crippen MR) is 173 cm³/mol. The molecule has 1 heterocycles. The average molecular weight is 618 g/mol. The third-order valence-corrected chi connectivity index (χ3v) is 8.46. The molecule has 0 spiro atoms. The lowest BCUT2D eigenvalue weighted by Gasteiger charge is -2.39. The molecule has 5 N–H and O–H groups in total. The minimum absolute atomic E-state index is 0.193. The van der Waals surface area contributed by atoms with Crippen LogP contribution in [0.2, 0.25) is 0 Å². The van der Waals surface area contributed by atoms with E-state index in [1.165, 1.54) is 26.0 Å². The summed E-state index contributed by atoms with van der Waals surface area (Å²) in [7, 11) is 1.50. The molecule has 44 heavy (non-hydrogen) atoms. The van der Waals surface area contributed by atoms with Gasteiger partial charge in [0.1, 0.15) is 23.8 Å². The zero-order chi connectivity index (χ0) is 33.3. The van der Waals surface area contributed by atoms with Crippen molar-refractivity contribution in [3.8, 4) is 11.5 Å². The number of aliphatic hydroxyl groups is 1. The molecule has 0 bridgehead atoms. The molecule has 0 aliphatic carbocycles. The van der Waals surface area contributed by atoms with Crippen molar-refractivity contribution in [3.05, 3.63) is 58.7 Å². The first-order valence-electron chi connectivity index (χ1n) is 15.5. The Kier molecular flexibility index (Phi) is 17.7. The summed E-state index contributed by atoms with van der Waals surface area (Å²) in [6.07, 6.45) is 6.78. The number of carbonyl (C=O) groups excluding carboxylic acids is 1. The van der Waals surface area contributed by atoms with Gasteiger partial charge in [-0.15, -0.1) is 0 Å². The third kappa shape index (κ3) is 13.7. The number of aliphatic hydroxyl groups excluding tert-OH is 1. The summed E-state index contributed by atoms with van der Waals surface area (Å²) < 4.78 is 10.9. The van der Waals surface area contributed by atoms with Crippen LogP contribution in [0.4, 0.5) is 0 Å². The number of aromatic hydroxyl groups is 2. The lowest BCUT2D eigenvalue weighted by molar-refractivity contribution is -0.133. The standard InChI is InChI=1S/C21H34O3.C13H19NO3.CH2O2/c1-14(8-10-20-21(4,5)11-6-12-24-20)7-9-17-15(2)18(22)13-19(23)16(17)3;1-10(17-2)14-13(16)12(15)9-8-11-6-4-3-5-7-11;2-1-3/h13-14,20,22-23H,6-12H2,1-5H3;3-7,10,12,15H,8-9H2,1-2H3,(H,14,16);1H,(H,2,3)/t14-,20+;10-,12+;/m01./s1. The fourth-order valence-corrected chi connectivity index (χ4v) is 5.33. The van der Waals surface area contributed by atoms with Gasteiger partial charge in [-0.2, -0.15) is 0 Å². The number of hydrogen-bond acceptors (Lipinski definition) is 7. The highest BCUT2D eigenvalue weighted by molar-refractivity contribution is 5.80. The Morgan fingerprint density at radius 2 is 1.66 bits per heavy atom. The summed E-state index contributed by atoms with van der Waals surface area (Å²) in [5.74, 6) is 0.598. The summed E-state index contributed by atoms with van der Waals surface area (Å²) >= 11 is 0. The molecule has 2 aromatic rings. The van der Waals surface area contributed by atoms with Gasteiger partial charge in [0.2, 0.25) is 0 Å². The molecule has 0 aromatic heterocycles. The van der Waals surface area contributed by atoms with Crippen LogP contribution >= 0.6 is 0 Å². The first-order valence-corrected chi connectivity index (χ1v) is 15.5. The Balaban J connectivity index is 0.000000424. The van der Waals surface area contributed by atoms with E-state index in [0.717, 1.165) is 54.5 Å². The Morgan fingerprint density at radius 1 is 1.07 bits per heavy atom. The number of phenols is 2. The topological polar surface area (TPSA) is 146 Å². The predicted octanol–water partition coefficient (Wildman–Crippen LogP) is 6.06. The highest BCUT2D eigenvalue weighted by Gasteiger charge is 2.33. The van der Waals surface area contributed by atoms with Crippen LogP contribution in [0.15, 0.2) is 36.4 Å². The lowest BCUT2D eigenvalue weighted by Crippen LogP contribution is -2.41. The second kappa shape index (κ2) is 20.0. The first kappa shape index (κ1) is 38.9. The minimum Gasteiger partial charge on any atom is -0.508 e. The molecule has 1 saturated heterocycles. The van der Waals surface area contributed by atoms with E-state index in [4.69, 9.17) is 19.4 Å². The van der Waals surface area contributed by atoms with Crippen molar-refractivity contribution in [1.29, 1.82) is 0 Å². The molecule has 9 nitrogen and oxygen atoms in total. The number of benzene rings is 2. The van der Waals surface area contributed by atoms with Crippen molar-refractivity contribution < 1.29 is 39.5 Å². The first-order chi connectivity index (χ1) is 20.8. The maximum atomic E-state index is 11.5. The number of nitrogens with one attached hydrogen (secondary N) is 1. The molecule has 4 atom stereocenters. The van der Waals surface area contributed by atoms with Crippen molar-refractivity contribution >= 4 is 12.4 Å². The molecule has 1 amide bonds. The Hall–Kier alpha value is -3.14. The zero-order valence-electron chi connectivity index (χ0n) is 27.6. The average Bonchev–Trinajstić information content (AvgIpc) is 2.99. The van der Waals surface area contributed by atoms with Gasteiger partial charge >= 0.3 is 0 Å². The van der Waals surface area contributed by atoms with Gasteiger partial charge in [-0.3, -0.25) is 9.59 Å². The molecule has 1 aliphatic heterocycles. The van der Waals surface area contributed by atoms with E-state index in [-0.39, 0.29) is 24.2 Å². The van der Waals surface area contributed by atoms with Gasteiger partial charge in [-0.1, -0.05) is 51.1 Å². The fraction of sp³-hybridized carbons (Fsp3) is 0.600. The number of methoxy groups -OCH3 is 1. The van der Waals surface area contributed by atoms with E-state index in [2.05, 4.69) is 26.1 Å². The van der Waals surface area contributed by atoms with Gasteiger partial charge in [0.15, 0.2) is 0 Å². The van der Waals surface area contributed by atoms with Crippen LogP contribution < -0.4 is 5.32 Å². The summed E-state index contributed by atoms with van der Waals surface area (Å²) in [4.78, 5) is 19.9. The van der Waals surface area contributed by atoms with Gasteiger partial charge in [0.25, 0.3) is 12.4 Å². The Morgan fingerprint density at radius 3 is 2.20 bits per heavy atom. The van der Waals surface area contributed by atoms with E-state index in [1.54, 1.807) is 6.92 Å². The maximum Gasteiger partial charge on any atom is 0.290 e. The molecule has 1 aliphatic rings. The van der Waals surface area contributed by atoms with Crippen LogP contribution in [-0.4, -0.2) is 65.0 Å². The van der Waals surface area contributed by atoms with Crippen molar-refractivity contribution in [1.82, 2.24) is 5.32 Å². The molecule has 0 saturated carbocycles. The summed E-state index contributed by atoms with van der Waals surface area (Å²) in [6.45, 7) is 13.2. The quantitative estimate of drug-likeness (QED) is 0.143. The van der Waals surface area contributed by atoms with Crippen LogP contribution in [0.3, 0.4) is 0 Å². The number of carbonyl (C=O) groups is 2. The molecular weight excluding hydrogens is 562 g/mol. The van der Waals surface area contributed by atoms with Crippen LogP contribution in [0, 0.1) is 25.2 Å². The second-order valence-electron chi connectivity index (χ2n) is 12.3. The van der Waals surface area contributed by atoms with Gasteiger partial charge < -0.3 is 35.2 Å². The minimum atomic E-state index is -0.993. The SMILES string of the molecule is CO[C@H](C)NC(=O)[C@@H](O)CCc1ccccc1.Cc1c(O)cc(O)c(C)c1CC[C@H](C)CC[C@H]1OCCCC1(C)C.O=CO. The highest BCUT2D eigenvalue weighted by Crippen LogP contribution is 2.37. The van der Waals surface area contributed by atoms with Crippen molar-refractivity contribution in [2.45, 2.75) is 111 Å². The summed E-state index contributed by atoms with van der Waals surface area (Å²) in [5.41, 5.74) is 4.29. The Labute approximate surface area is 263 Å². The molecule has 2 aromatic carbocycles. The Bertz CT molecular complexity index is 1100. The van der Waals surface area contributed by atoms with Crippen LogP contribution in [0.5, 0.6) is 11.5 Å².